The van der Waals surface area contributed by atoms with Gasteiger partial charge in [-0.15, -0.1) is 0 Å². The maximum Gasteiger partial charge on any atom is 0.277 e. The molecule has 0 atom stereocenters. The number of piperazine rings is 1. The molecule has 5 nitrogen and oxygen atoms in total. The number of rotatable bonds is 5. The molecule has 0 radical (unpaired) electrons. The summed E-state index contributed by atoms with van der Waals surface area (Å²) in [7, 11) is 0. The van der Waals surface area contributed by atoms with Gasteiger partial charge in [-0.05, 0) is 43.5 Å². The molecule has 1 fully saturated rings. The number of amides is 2. The number of aryl methyl sites for hydroxylation is 2. The van der Waals surface area contributed by atoms with E-state index in [4.69, 9.17) is 0 Å². The summed E-state index contributed by atoms with van der Waals surface area (Å²) in [5.74, 6) is -0.275. The SMILES string of the molecule is CCCN1C(=O)C(c2ccc(C)c(C)c2)=C(N2CCN(CC)CC2)C1=O. The molecule has 0 spiro atoms. The van der Waals surface area contributed by atoms with E-state index in [1.54, 1.807) is 0 Å². The fourth-order valence-corrected chi connectivity index (χ4v) is 3.73. The third-order valence-electron chi connectivity index (χ3n) is 5.52. The normalized spacial score (nSPS) is 19.1. The highest BCUT2D eigenvalue weighted by Crippen LogP contribution is 2.33. The Balaban J connectivity index is 2.03. The summed E-state index contributed by atoms with van der Waals surface area (Å²) in [6, 6.07) is 6.04. The average molecular weight is 355 g/mol. The number of hydrogen-bond acceptors (Lipinski definition) is 4. The predicted molar refractivity (Wildman–Crippen MR) is 104 cm³/mol. The smallest absolute Gasteiger partial charge is 0.277 e. The maximum atomic E-state index is 13.1. The summed E-state index contributed by atoms with van der Waals surface area (Å²) < 4.78 is 0. The van der Waals surface area contributed by atoms with Crippen molar-refractivity contribution in [2.45, 2.75) is 34.1 Å². The van der Waals surface area contributed by atoms with E-state index in [0.717, 1.165) is 50.3 Å². The largest absolute Gasteiger partial charge is 0.364 e. The topological polar surface area (TPSA) is 43.9 Å². The highest BCUT2D eigenvalue weighted by atomic mass is 16.2. The number of imide groups is 1. The van der Waals surface area contributed by atoms with Crippen LogP contribution in [0.5, 0.6) is 0 Å². The molecule has 140 valence electrons. The summed E-state index contributed by atoms with van der Waals surface area (Å²) in [5.41, 5.74) is 4.37. The number of hydrogen-bond donors (Lipinski definition) is 0. The Morgan fingerprint density at radius 1 is 0.923 bits per heavy atom. The van der Waals surface area contributed by atoms with Gasteiger partial charge < -0.3 is 9.80 Å². The Labute approximate surface area is 156 Å². The Kier molecular flexibility index (Phi) is 5.47. The van der Waals surface area contributed by atoms with E-state index >= 15 is 0 Å². The lowest BCUT2D eigenvalue weighted by atomic mass is 9.99. The first-order valence-corrected chi connectivity index (χ1v) is 9.63. The second-order valence-electron chi connectivity index (χ2n) is 7.21. The van der Waals surface area contributed by atoms with Gasteiger partial charge in [0.2, 0.25) is 0 Å². The van der Waals surface area contributed by atoms with Crippen molar-refractivity contribution in [1.29, 1.82) is 0 Å². The monoisotopic (exact) mass is 355 g/mol. The van der Waals surface area contributed by atoms with Crippen molar-refractivity contribution >= 4 is 17.4 Å². The van der Waals surface area contributed by atoms with Crippen LogP contribution in [0, 0.1) is 13.8 Å². The van der Waals surface area contributed by atoms with Crippen molar-refractivity contribution in [2.24, 2.45) is 0 Å². The van der Waals surface area contributed by atoms with Gasteiger partial charge in [-0.1, -0.05) is 32.0 Å². The van der Waals surface area contributed by atoms with E-state index in [1.165, 1.54) is 10.5 Å². The molecule has 0 N–H and O–H groups in total. The van der Waals surface area contributed by atoms with Gasteiger partial charge in [0.1, 0.15) is 5.70 Å². The Hall–Kier alpha value is -2.14. The molecule has 0 aliphatic carbocycles. The van der Waals surface area contributed by atoms with Crippen LogP contribution in [-0.2, 0) is 9.59 Å². The van der Waals surface area contributed by atoms with Crippen LogP contribution in [0.15, 0.2) is 23.9 Å². The molecular formula is C21H29N3O2. The zero-order valence-electron chi connectivity index (χ0n) is 16.3. The quantitative estimate of drug-likeness (QED) is 0.761. The van der Waals surface area contributed by atoms with Crippen molar-refractivity contribution in [2.75, 3.05) is 39.3 Å². The van der Waals surface area contributed by atoms with Gasteiger partial charge in [0.15, 0.2) is 0 Å². The molecule has 3 rings (SSSR count). The van der Waals surface area contributed by atoms with E-state index in [9.17, 15) is 9.59 Å². The molecule has 2 heterocycles. The second kappa shape index (κ2) is 7.62. The minimum atomic E-state index is -0.145. The Morgan fingerprint density at radius 2 is 1.62 bits per heavy atom. The van der Waals surface area contributed by atoms with E-state index in [1.807, 2.05) is 32.0 Å². The number of likely N-dealkylation sites (N-methyl/N-ethyl adjacent to an activating group) is 1. The van der Waals surface area contributed by atoms with Gasteiger partial charge in [0.25, 0.3) is 11.8 Å². The van der Waals surface area contributed by atoms with Crippen LogP contribution >= 0.6 is 0 Å². The van der Waals surface area contributed by atoms with Crippen molar-refractivity contribution in [3.63, 3.8) is 0 Å². The van der Waals surface area contributed by atoms with Gasteiger partial charge in [-0.25, -0.2) is 0 Å². The molecule has 2 amide bonds. The first kappa shape index (κ1) is 18.6. The molecule has 0 unspecified atom stereocenters. The number of carbonyl (C=O) groups excluding carboxylic acids is 2. The van der Waals surface area contributed by atoms with E-state index in [2.05, 4.69) is 23.6 Å². The lowest BCUT2D eigenvalue weighted by Crippen LogP contribution is -2.47. The lowest BCUT2D eigenvalue weighted by Gasteiger charge is -2.36. The van der Waals surface area contributed by atoms with E-state index in [-0.39, 0.29) is 11.8 Å². The van der Waals surface area contributed by atoms with Crippen LogP contribution in [-0.4, -0.2) is 65.8 Å². The minimum Gasteiger partial charge on any atom is -0.364 e. The summed E-state index contributed by atoms with van der Waals surface area (Å²) in [6.07, 6.45) is 0.772. The van der Waals surface area contributed by atoms with Gasteiger partial charge in [0, 0.05) is 32.7 Å². The fourth-order valence-electron chi connectivity index (χ4n) is 3.73. The number of nitrogens with zero attached hydrogens (tertiary/aromatic N) is 3. The molecule has 5 heteroatoms. The summed E-state index contributed by atoms with van der Waals surface area (Å²) in [5, 5.41) is 0. The zero-order chi connectivity index (χ0) is 18.8. The van der Waals surface area contributed by atoms with Crippen molar-refractivity contribution in [3.05, 3.63) is 40.6 Å². The van der Waals surface area contributed by atoms with Gasteiger partial charge >= 0.3 is 0 Å². The summed E-state index contributed by atoms with van der Waals surface area (Å²) in [4.78, 5) is 32.1. The summed E-state index contributed by atoms with van der Waals surface area (Å²) in [6.45, 7) is 13.2. The molecule has 0 aromatic heterocycles. The molecular weight excluding hydrogens is 326 g/mol. The molecule has 26 heavy (non-hydrogen) atoms. The molecule has 0 bridgehead atoms. The highest BCUT2D eigenvalue weighted by molar-refractivity contribution is 6.35. The van der Waals surface area contributed by atoms with E-state index in [0.29, 0.717) is 17.8 Å². The summed E-state index contributed by atoms with van der Waals surface area (Å²) >= 11 is 0. The molecule has 1 aromatic carbocycles. The third-order valence-corrected chi connectivity index (χ3v) is 5.52. The first-order valence-electron chi connectivity index (χ1n) is 9.63. The van der Waals surface area contributed by atoms with Gasteiger partial charge in [0.05, 0.1) is 5.57 Å². The van der Waals surface area contributed by atoms with Crippen LogP contribution < -0.4 is 0 Å². The predicted octanol–water partition coefficient (Wildman–Crippen LogP) is 2.43. The number of benzene rings is 1. The van der Waals surface area contributed by atoms with Crippen LogP contribution in [0.3, 0.4) is 0 Å². The average Bonchev–Trinajstić information content (AvgIpc) is 2.89. The Morgan fingerprint density at radius 3 is 2.19 bits per heavy atom. The van der Waals surface area contributed by atoms with Crippen LogP contribution in [0.1, 0.15) is 37.0 Å². The maximum absolute atomic E-state index is 13.1. The molecule has 1 saturated heterocycles. The molecule has 2 aliphatic rings. The third kappa shape index (κ3) is 3.28. The second-order valence-corrected chi connectivity index (χ2v) is 7.21. The van der Waals surface area contributed by atoms with E-state index < -0.39 is 0 Å². The van der Waals surface area contributed by atoms with Crippen molar-refractivity contribution in [3.8, 4) is 0 Å². The van der Waals surface area contributed by atoms with Crippen LogP contribution in [0.25, 0.3) is 5.57 Å². The minimum absolute atomic E-state index is 0.130. The zero-order valence-corrected chi connectivity index (χ0v) is 16.3. The molecule has 2 aliphatic heterocycles. The Bertz CT molecular complexity index is 746. The van der Waals surface area contributed by atoms with Gasteiger partial charge in [-0.3, -0.25) is 14.5 Å². The van der Waals surface area contributed by atoms with Crippen LogP contribution in [0.2, 0.25) is 0 Å². The lowest BCUT2D eigenvalue weighted by molar-refractivity contribution is -0.137. The molecule has 1 aromatic rings. The highest BCUT2D eigenvalue weighted by Gasteiger charge is 2.41. The molecule has 0 saturated carbocycles. The van der Waals surface area contributed by atoms with Crippen molar-refractivity contribution < 1.29 is 9.59 Å². The van der Waals surface area contributed by atoms with Crippen LogP contribution in [0.4, 0.5) is 0 Å². The standard InChI is InChI=1S/C21H29N3O2/c1-5-9-24-20(25)18(17-8-7-15(3)16(4)14-17)19(21(24)26)23-12-10-22(6-2)11-13-23/h7-8,14H,5-6,9-13H2,1-4H3. The van der Waals surface area contributed by atoms with Gasteiger partial charge in [-0.2, -0.15) is 0 Å². The van der Waals surface area contributed by atoms with Crippen molar-refractivity contribution in [1.82, 2.24) is 14.7 Å². The number of carbonyl (C=O) groups is 2. The fraction of sp³-hybridized carbons (Fsp3) is 0.524. The first-order chi connectivity index (χ1) is 12.5.